The number of hydrogen-bond acceptors (Lipinski definition) is 7. The number of carbonyl (C=O) groups excluding carboxylic acids is 2. The van der Waals surface area contributed by atoms with Gasteiger partial charge in [-0.15, -0.1) is 0 Å². The fraction of sp³-hybridized carbons (Fsp3) is 0.750. The van der Waals surface area contributed by atoms with Gasteiger partial charge in [0.05, 0.1) is 6.54 Å². The van der Waals surface area contributed by atoms with E-state index < -0.39 is 46.2 Å². The maximum absolute atomic E-state index is 15.3. The normalized spacial score (nSPS) is 31.7. The smallest absolute Gasteiger partial charge is 0.334 e. The van der Waals surface area contributed by atoms with Crippen molar-refractivity contribution in [1.29, 1.82) is 5.41 Å². The molecule has 4 N–H and O–H groups in total. The standard InChI is InChI=1S/C28H40FN7O5/c1-32-14-27(29,15-32)16-35-24(40)33(2)23(39)28(35)12-26(13-28)9-7-18(8-10-26)36-22(38)19(20(30)31)21(37)34(25(36)41)11-17-5-3-4-6-17/h17-18,37H,3-16H2,1-2H3,(H3,30,31). The molecule has 41 heavy (non-hydrogen) atoms. The second kappa shape index (κ2) is 9.40. The third-order valence-corrected chi connectivity index (χ3v) is 10.5. The SMILES string of the molecule is CN1CC(F)(CN2C(=O)N(C)C(=O)C23CC2(CCC(n4c(=O)c(C(=N)N)c(O)n(CC5CCCC5)c4=O)CC2)C3)C1. The van der Waals surface area contributed by atoms with Crippen molar-refractivity contribution in [2.75, 3.05) is 33.7 Å². The molecule has 3 saturated carbocycles. The summed E-state index contributed by atoms with van der Waals surface area (Å²) in [6, 6.07) is -0.898. The predicted molar refractivity (Wildman–Crippen MR) is 148 cm³/mol. The molecule has 3 amide bonds. The van der Waals surface area contributed by atoms with Crippen molar-refractivity contribution in [3.8, 4) is 5.88 Å². The maximum Gasteiger partial charge on any atom is 0.334 e. The number of likely N-dealkylation sites (N-methyl/N-ethyl adjacent to an activating group) is 1. The van der Waals surface area contributed by atoms with E-state index in [1.54, 1.807) is 0 Å². The number of alkyl halides is 1. The Morgan fingerprint density at radius 2 is 1.66 bits per heavy atom. The van der Waals surface area contributed by atoms with Crippen molar-refractivity contribution in [2.24, 2.45) is 17.1 Å². The fourth-order valence-corrected chi connectivity index (χ4v) is 8.59. The van der Waals surface area contributed by atoms with Crippen LogP contribution in [0.15, 0.2) is 9.59 Å². The van der Waals surface area contributed by atoms with Gasteiger partial charge < -0.3 is 15.7 Å². The molecular formula is C28H40FN7O5. The maximum atomic E-state index is 15.3. The van der Waals surface area contributed by atoms with Gasteiger partial charge in [-0.3, -0.25) is 33.9 Å². The summed E-state index contributed by atoms with van der Waals surface area (Å²) < 4.78 is 17.7. The quantitative estimate of drug-likeness (QED) is 0.263. The molecule has 0 atom stereocenters. The van der Waals surface area contributed by atoms with E-state index in [1.165, 1.54) is 16.5 Å². The highest BCUT2D eigenvalue weighted by Gasteiger charge is 2.69. The molecule has 2 saturated heterocycles. The van der Waals surface area contributed by atoms with Crippen molar-refractivity contribution in [3.63, 3.8) is 0 Å². The summed E-state index contributed by atoms with van der Waals surface area (Å²) in [6.07, 6.45) is 7.08. The number of amides is 3. The lowest BCUT2D eigenvalue weighted by molar-refractivity contribution is -0.153. The Kier molecular flexibility index (Phi) is 6.40. The van der Waals surface area contributed by atoms with Gasteiger partial charge in [-0.1, -0.05) is 12.8 Å². The fourth-order valence-electron chi connectivity index (χ4n) is 8.59. The Morgan fingerprint density at radius 1 is 1.05 bits per heavy atom. The number of urea groups is 1. The summed E-state index contributed by atoms with van der Waals surface area (Å²) >= 11 is 0. The molecule has 12 nitrogen and oxygen atoms in total. The van der Waals surface area contributed by atoms with Gasteiger partial charge in [-0.25, -0.2) is 14.0 Å². The van der Waals surface area contributed by atoms with Crippen LogP contribution < -0.4 is 17.0 Å². The summed E-state index contributed by atoms with van der Waals surface area (Å²) in [5.41, 5.74) is 1.18. The molecule has 1 aromatic heterocycles. The van der Waals surface area contributed by atoms with Crippen molar-refractivity contribution in [2.45, 2.75) is 88.0 Å². The Balaban J connectivity index is 1.22. The Hall–Kier alpha value is -3.22. The van der Waals surface area contributed by atoms with E-state index in [0.29, 0.717) is 38.5 Å². The summed E-state index contributed by atoms with van der Waals surface area (Å²) in [5, 5.41) is 18.7. The lowest BCUT2D eigenvalue weighted by Gasteiger charge is -2.59. The molecule has 3 aliphatic carbocycles. The van der Waals surface area contributed by atoms with Gasteiger partial charge in [0.15, 0.2) is 5.67 Å². The first-order valence-corrected chi connectivity index (χ1v) is 14.7. The van der Waals surface area contributed by atoms with E-state index in [-0.39, 0.29) is 49.0 Å². The molecule has 2 aliphatic heterocycles. The molecule has 5 fully saturated rings. The highest BCUT2D eigenvalue weighted by Crippen LogP contribution is 2.62. The second-order valence-corrected chi connectivity index (χ2v) is 13.5. The number of carbonyl (C=O) groups is 2. The van der Waals surface area contributed by atoms with Gasteiger partial charge in [-0.05, 0) is 69.7 Å². The van der Waals surface area contributed by atoms with Gasteiger partial charge in [0, 0.05) is 32.7 Å². The van der Waals surface area contributed by atoms with Crippen LogP contribution in [0.25, 0.3) is 0 Å². The number of nitrogens with zero attached hydrogens (tertiary/aromatic N) is 5. The summed E-state index contributed by atoms with van der Waals surface area (Å²) in [5.74, 6) is -1.20. The van der Waals surface area contributed by atoms with E-state index >= 15 is 4.39 Å². The molecular weight excluding hydrogens is 533 g/mol. The van der Waals surface area contributed by atoms with Crippen molar-refractivity contribution in [1.82, 2.24) is 23.8 Å². The van der Waals surface area contributed by atoms with Crippen LogP contribution in [0.4, 0.5) is 9.18 Å². The first-order chi connectivity index (χ1) is 19.3. The van der Waals surface area contributed by atoms with Crippen molar-refractivity contribution in [3.05, 3.63) is 26.4 Å². The zero-order chi connectivity index (χ0) is 29.5. The summed E-state index contributed by atoms with van der Waals surface area (Å²) in [7, 11) is 3.27. The lowest BCUT2D eigenvalue weighted by Crippen LogP contribution is -2.69. The van der Waals surface area contributed by atoms with E-state index in [0.717, 1.165) is 35.2 Å². The van der Waals surface area contributed by atoms with Crippen molar-refractivity contribution >= 4 is 17.8 Å². The van der Waals surface area contributed by atoms with Gasteiger partial charge in [0.25, 0.3) is 11.5 Å². The third-order valence-electron chi connectivity index (χ3n) is 10.5. The third kappa shape index (κ3) is 4.21. The highest BCUT2D eigenvalue weighted by atomic mass is 19.1. The van der Waals surface area contributed by atoms with Crippen LogP contribution in [0.1, 0.15) is 75.8 Å². The molecule has 0 bridgehead atoms. The number of halogens is 1. The average molecular weight is 574 g/mol. The number of aromatic nitrogens is 2. The molecule has 1 aromatic rings. The van der Waals surface area contributed by atoms with E-state index in [2.05, 4.69) is 0 Å². The molecule has 224 valence electrons. The van der Waals surface area contributed by atoms with Crippen molar-refractivity contribution < 1.29 is 19.1 Å². The van der Waals surface area contributed by atoms with Gasteiger partial charge >= 0.3 is 11.7 Å². The van der Waals surface area contributed by atoms with Gasteiger partial charge in [0.1, 0.15) is 16.9 Å². The molecule has 0 aromatic carbocycles. The second-order valence-electron chi connectivity index (χ2n) is 13.5. The Morgan fingerprint density at radius 3 is 2.22 bits per heavy atom. The lowest BCUT2D eigenvalue weighted by atomic mass is 9.51. The minimum Gasteiger partial charge on any atom is -0.494 e. The number of nitrogens with two attached hydrogens (primary N) is 1. The molecule has 0 radical (unpaired) electrons. The molecule has 3 heterocycles. The monoisotopic (exact) mass is 573 g/mol. The first kappa shape index (κ1) is 27.9. The van der Waals surface area contributed by atoms with E-state index in [4.69, 9.17) is 11.1 Å². The number of rotatable bonds is 6. The Bertz CT molecular complexity index is 1410. The number of hydrogen-bond donors (Lipinski definition) is 3. The number of aromatic hydroxyl groups is 1. The number of imide groups is 1. The number of nitrogen functional groups attached to an aromatic ring is 1. The zero-order valence-electron chi connectivity index (χ0n) is 23.8. The largest absolute Gasteiger partial charge is 0.494 e. The minimum absolute atomic E-state index is 0.109. The van der Waals surface area contributed by atoms with Crippen LogP contribution in [-0.2, 0) is 11.3 Å². The number of nitrogens with one attached hydrogen (secondary N) is 1. The van der Waals surface area contributed by atoms with E-state index in [9.17, 15) is 24.3 Å². The average Bonchev–Trinajstić information content (AvgIpc) is 3.45. The number of likely N-dealkylation sites (tertiary alicyclic amines) is 1. The van der Waals surface area contributed by atoms with E-state index in [1.807, 2.05) is 11.9 Å². The first-order valence-electron chi connectivity index (χ1n) is 14.7. The van der Waals surface area contributed by atoms with Crippen LogP contribution in [0, 0.1) is 16.7 Å². The summed E-state index contributed by atoms with van der Waals surface area (Å²) in [6.45, 7) is 0.608. The van der Waals surface area contributed by atoms with Crippen LogP contribution >= 0.6 is 0 Å². The minimum atomic E-state index is -1.53. The van der Waals surface area contributed by atoms with Crippen LogP contribution in [0.2, 0.25) is 0 Å². The molecule has 5 aliphatic rings. The Labute approximate surface area is 237 Å². The molecule has 2 spiro atoms. The van der Waals surface area contributed by atoms with Gasteiger partial charge in [-0.2, -0.15) is 0 Å². The highest BCUT2D eigenvalue weighted by molar-refractivity contribution is 6.07. The summed E-state index contributed by atoms with van der Waals surface area (Å²) in [4.78, 5) is 57.7. The zero-order valence-corrected chi connectivity index (χ0v) is 23.8. The topological polar surface area (TPSA) is 158 Å². The van der Waals surface area contributed by atoms with Crippen LogP contribution in [0.5, 0.6) is 5.88 Å². The van der Waals surface area contributed by atoms with Crippen LogP contribution in [0.3, 0.4) is 0 Å². The molecule has 6 rings (SSSR count). The molecule has 13 heteroatoms. The van der Waals surface area contributed by atoms with Gasteiger partial charge in [0.2, 0.25) is 5.88 Å². The molecule has 0 unspecified atom stereocenters. The van der Waals surface area contributed by atoms with Crippen LogP contribution in [-0.4, -0.2) is 91.7 Å². The number of amidine groups is 1. The predicted octanol–water partition coefficient (Wildman–Crippen LogP) is 1.37.